The van der Waals surface area contributed by atoms with Gasteiger partial charge in [0.05, 0.1) is 12.3 Å². The molecule has 0 fully saturated rings. The average Bonchev–Trinajstić information content (AvgIpc) is 3.15. The van der Waals surface area contributed by atoms with Crippen molar-refractivity contribution in [2.24, 2.45) is 5.92 Å². The fourth-order valence-electron chi connectivity index (χ4n) is 3.36. The molecule has 0 radical (unpaired) electrons. The third-order valence-electron chi connectivity index (χ3n) is 4.74. The maximum Gasteiger partial charge on any atom is 0.304 e. The lowest BCUT2D eigenvalue weighted by Crippen LogP contribution is -2.11. The Bertz CT molecular complexity index is 1030. The molecule has 1 unspecified atom stereocenters. The highest BCUT2D eigenvalue weighted by Crippen LogP contribution is 2.30. The Morgan fingerprint density at radius 3 is 2.62 bits per heavy atom. The van der Waals surface area contributed by atoms with Crippen LogP contribution in [0.3, 0.4) is 0 Å². The van der Waals surface area contributed by atoms with Crippen molar-refractivity contribution in [1.82, 2.24) is 9.97 Å². The zero-order valence-corrected chi connectivity index (χ0v) is 17.0. The van der Waals surface area contributed by atoms with E-state index in [1.54, 1.807) is 6.92 Å². The number of hydrogen-bond donors (Lipinski definition) is 2. The molecule has 0 saturated carbocycles. The van der Waals surface area contributed by atoms with Gasteiger partial charge in [0.25, 0.3) is 0 Å². The second-order valence-corrected chi connectivity index (χ2v) is 7.53. The average molecular weight is 390 g/mol. The number of hydrogen-bond acceptors (Lipinski definition) is 3. The van der Waals surface area contributed by atoms with Gasteiger partial charge in [0.1, 0.15) is 17.5 Å². The van der Waals surface area contributed by atoms with Crippen LogP contribution in [-0.2, 0) is 4.79 Å². The van der Waals surface area contributed by atoms with E-state index in [9.17, 15) is 4.79 Å². The lowest BCUT2D eigenvalue weighted by Gasteiger charge is -2.21. The molecule has 5 heteroatoms. The Labute approximate surface area is 171 Å². The Morgan fingerprint density at radius 1 is 1.21 bits per heavy atom. The molecule has 150 valence electrons. The highest BCUT2D eigenvalue weighted by atomic mass is 16.5. The summed E-state index contributed by atoms with van der Waals surface area (Å²) in [7, 11) is 0. The van der Waals surface area contributed by atoms with E-state index in [4.69, 9.17) is 9.84 Å². The van der Waals surface area contributed by atoms with Crippen molar-refractivity contribution in [2.45, 2.75) is 45.6 Å². The van der Waals surface area contributed by atoms with Crippen LogP contribution in [0, 0.1) is 17.8 Å². The summed E-state index contributed by atoms with van der Waals surface area (Å²) in [6.07, 6.45) is 4.48. The van der Waals surface area contributed by atoms with E-state index >= 15 is 0 Å². The fourth-order valence-corrected chi connectivity index (χ4v) is 3.36. The number of carbonyl (C=O) groups is 1. The highest BCUT2D eigenvalue weighted by molar-refractivity contribution is 5.75. The van der Waals surface area contributed by atoms with Gasteiger partial charge >= 0.3 is 5.97 Å². The molecular formula is C24H26N2O3. The summed E-state index contributed by atoms with van der Waals surface area (Å²) >= 11 is 0. The minimum absolute atomic E-state index is 0.0145. The van der Waals surface area contributed by atoms with E-state index in [2.05, 4.69) is 41.7 Å². The molecule has 0 bridgehead atoms. The van der Waals surface area contributed by atoms with Crippen LogP contribution in [0.5, 0.6) is 5.75 Å². The smallest absolute Gasteiger partial charge is 0.304 e. The minimum atomic E-state index is -0.859. The molecule has 5 nitrogen and oxygen atoms in total. The van der Waals surface area contributed by atoms with Crippen molar-refractivity contribution in [3.8, 4) is 17.6 Å². The first-order valence-corrected chi connectivity index (χ1v) is 9.80. The molecule has 2 N–H and O–H groups in total. The van der Waals surface area contributed by atoms with Crippen molar-refractivity contribution in [2.75, 3.05) is 0 Å². The van der Waals surface area contributed by atoms with Crippen LogP contribution >= 0.6 is 0 Å². The van der Waals surface area contributed by atoms with Gasteiger partial charge in [-0.3, -0.25) is 4.79 Å². The van der Waals surface area contributed by atoms with Crippen LogP contribution in [0.1, 0.15) is 56.8 Å². The maximum atomic E-state index is 11.1. The number of aromatic amines is 1. The van der Waals surface area contributed by atoms with Gasteiger partial charge in [-0.1, -0.05) is 31.9 Å². The zero-order chi connectivity index (χ0) is 20.8. The second kappa shape index (κ2) is 9.29. The molecule has 2 heterocycles. The van der Waals surface area contributed by atoms with E-state index < -0.39 is 5.97 Å². The molecule has 29 heavy (non-hydrogen) atoms. The van der Waals surface area contributed by atoms with Crippen molar-refractivity contribution in [3.63, 3.8) is 0 Å². The van der Waals surface area contributed by atoms with Crippen molar-refractivity contribution < 1.29 is 14.6 Å². The molecule has 0 aliphatic rings. The Morgan fingerprint density at radius 2 is 1.97 bits per heavy atom. The summed E-state index contributed by atoms with van der Waals surface area (Å²) < 4.78 is 6.31. The normalized spacial score (nSPS) is 13.0. The Balaban J connectivity index is 1.81. The lowest BCUT2D eigenvalue weighted by molar-refractivity contribution is -0.137. The third-order valence-corrected chi connectivity index (χ3v) is 4.74. The monoisotopic (exact) mass is 390 g/mol. The number of H-pyrrole nitrogens is 1. The number of rotatable bonds is 8. The number of aliphatic carboxylic acids is 1. The van der Waals surface area contributed by atoms with Gasteiger partial charge in [-0.15, -0.1) is 5.92 Å². The summed E-state index contributed by atoms with van der Waals surface area (Å²) in [5.74, 6) is 5.82. The zero-order valence-electron chi connectivity index (χ0n) is 17.0. The van der Waals surface area contributed by atoms with Gasteiger partial charge < -0.3 is 14.8 Å². The molecule has 0 aliphatic carbocycles. The van der Waals surface area contributed by atoms with E-state index in [1.807, 2.05) is 42.7 Å². The number of fused-ring (bicyclic) bond motifs is 1. The van der Waals surface area contributed by atoms with Gasteiger partial charge in [-0.05, 0) is 49.1 Å². The quantitative estimate of drug-likeness (QED) is 0.511. The van der Waals surface area contributed by atoms with Gasteiger partial charge in [0, 0.05) is 23.3 Å². The minimum Gasteiger partial charge on any atom is -0.486 e. The number of nitrogens with one attached hydrogen (secondary N) is 1. The predicted octanol–water partition coefficient (Wildman–Crippen LogP) is 5.31. The van der Waals surface area contributed by atoms with Crippen LogP contribution < -0.4 is 4.74 Å². The number of aromatic nitrogens is 2. The van der Waals surface area contributed by atoms with Crippen molar-refractivity contribution in [3.05, 3.63) is 59.9 Å². The molecule has 3 aromatic rings. The predicted molar refractivity (Wildman–Crippen MR) is 114 cm³/mol. The van der Waals surface area contributed by atoms with Gasteiger partial charge in [-0.25, -0.2) is 4.98 Å². The van der Waals surface area contributed by atoms with E-state index in [0.29, 0.717) is 5.92 Å². The van der Waals surface area contributed by atoms with Gasteiger partial charge in [-0.2, -0.15) is 0 Å². The number of carboxylic acids is 1. The molecule has 0 saturated heterocycles. The summed E-state index contributed by atoms with van der Waals surface area (Å²) in [4.78, 5) is 18.7. The molecule has 2 atom stereocenters. The summed E-state index contributed by atoms with van der Waals surface area (Å²) in [6.45, 7) is 6.06. The Hall–Kier alpha value is -3.26. The summed E-state index contributed by atoms with van der Waals surface area (Å²) in [6, 6.07) is 11.7. The maximum absolute atomic E-state index is 11.1. The van der Waals surface area contributed by atoms with E-state index in [0.717, 1.165) is 34.3 Å². The number of pyridine rings is 1. The van der Waals surface area contributed by atoms with Crippen LogP contribution in [0.4, 0.5) is 0 Å². The summed E-state index contributed by atoms with van der Waals surface area (Å²) in [5.41, 5.74) is 2.78. The first kappa shape index (κ1) is 20.5. The largest absolute Gasteiger partial charge is 0.486 e. The van der Waals surface area contributed by atoms with Crippen LogP contribution in [0.2, 0.25) is 0 Å². The molecular weight excluding hydrogens is 364 g/mol. The fraction of sp³-hybridized carbons (Fsp3) is 0.333. The standard InChI is InChI=1S/C24H26N2O3/c1-4-5-18(14-23(27)28)17-6-8-21(9-7-17)29-22(12-16(2)3)20-13-19-10-11-25-24(19)26-15-20/h6-11,13,15-16,18,22H,12,14H2,1-3H3,(H,25,26)(H,27,28)/t18?,22-/m0/s1. The van der Waals surface area contributed by atoms with E-state index in [-0.39, 0.29) is 18.4 Å². The van der Waals surface area contributed by atoms with Crippen LogP contribution in [0.25, 0.3) is 11.0 Å². The molecule has 2 aromatic heterocycles. The van der Waals surface area contributed by atoms with Gasteiger partial charge in [0.15, 0.2) is 0 Å². The molecule has 0 amide bonds. The van der Waals surface area contributed by atoms with E-state index in [1.165, 1.54) is 0 Å². The van der Waals surface area contributed by atoms with Crippen LogP contribution in [0.15, 0.2) is 48.8 Å². The number of benzene rings is 1. The SMILES string of the molecule is CC#CC(CC(=O)O)c1ccc(O[C@@H](CC(C)C)c2cnc3[nH]ccc3c2)cc1. The highest BCUT2D eigenvalue weighted by Gasteiger charge is 2.18. The number of ether oxygens (including phenoxy) is 1. The number of nitrogens with zero attached hydrogens (tertiary/aromatic N) is 1. The first-order valence-electron chi connectivity index (χ1n) is 9.80. The third kappa shape index (κ3) is 5.39. The molecule has 0 aliphatic heterocycles. The van der Waals surface area contributed by atoms with Crippen LogP contribution in [-0.4, -0.2) is 21.0 Å². The topological polar surface area (TPSA) is 75.2 Å². The van der Waals surface area contributed by atoms with Gasteiger partial charge in [0.2, 0.25) is 0 Å². The number of carboxylic acid groups (broad SMARTS) is 1. The molecule has 3 rings (SSSR count). The molecule has 1 aromatic carbocycles. The summed E-state index contributed by atoms with van der Waals surface area (Å²) in [5, 5.41) is 10.2. The van der Waals surface area contributed by atoms with Crippen molar-refractivity contribution in [1.29, 1.82) is 0 Å². The second-order valence-electron chi connectivity index (χ2n) is 7.53. The van der Waals surface area contributed by atoms with Crippen molar-refractivity contribution >= 4 is 17.0 Å². The first-order chi connectivity index (χ1) is 14.0. The molecule has 0 spiro atoms. The lowest BCUT2D eigenvalue weighted by atomic mass is 9.96. The Kier molecular flexibility index (Phi) is 6.56.